The van der Waals surface area contributed by atoms with Gasteiger partial charge in [0.1, 0.15) is 0 Å². The van der Waals surface area contributed by atoms with Crippen molar-refractivity contribution >= 4 is 11.9 Å². The molecule has 1 fully saturated rings. The number of hydrogen-bond acceptors (Lipinski definition) is 6. The molecule has 0 aliphatic carbocycles. The SMILES string of the molecule is CCOC(=O)C1CCN(C(=NC)NCCc2nc(C(C)C)no2)CC1. The van der Waals surface area contributed by atoms with Crippen LogP contribution in [-0.2, 0) is 16.0 Å². The van der Waals surface area contributed by atoms with Crippen molar-refractivity contribution in [1.29, 1.82) is 0 Å². The summed E-state index contributed by atoms with van der Waals surface area (Å²) in [6.07, 6.45) is 2.24. The number of rotatable bonds is 6. The van der Waals surface area contributed by atoms with Crippen molar-refractivity contribution in [3.8, 4) is 0 Å². The van der Waals surface area contributed by atoms with E-state index in [2.05, 4.69) is 25.3 Å². The van der Waals surface area contributed by atoms with Gasteiger partial charge in [0.15, 0.2) is 11.8 Å². The van der Waals surface area contributed by atoms with E-state index in [0.29, 0.717) is 25.5 Å². The fraction of sp³-hybridized carbons (Fsp3) is 0.765. The Labute approximate surface area is 149 Å². The van der Waals surface area contributed by atoms with Crippen molar-refractivity contribution in [2.75, 3.05) is 33.3 Å². The maximum Gasteiger partial charge on any atom is 0.309 e. The van der Waals surface area contributed by atoms with Crippen LogP contribution in [0.2, 0.25) is 0 Å². The number of hydrogen-bond donors (Lipinski definition) is 1. The molecule has 1 N–H and O–H groups in total. The lowest BCUT2D eigenvalue weighted by molar-refractivity contribution is -0.149. The number of esters is 1. The van der Waals surface area contributed by atoms with Gasteiger partial charge in [-0.25, -0.2) is 0 Å². The number of guanidine groups is 1. The molecule has 0 atom stereocenters. The molecule has 8 heteroatoms. The summed E-state index contributed by atoms with van der Waals surface area (Å²) < 4.78 is 10.4. The topological polar surface area (TPSA) is 92.8 Å². The van der Waals surface area contributed by atoms with E-state index in [4.69, 9.17) is 9.26 Å². The number of nitrogens with one attached hydrogen (secondary N) is 1. The summed E-state index contributed by atoms with van der Waals surface area (Å²) in [4.78, 5) is 22.7. The molecule has 25 heavy (non-hydrogen) atoms. The average molecular weight is 351 g/mol. The molecular weight excluding hydrogens is 322 g/mol. The monoisotopic (exact) mass is 351 g/mol. The third kappa shape index (κ3) is 5.44. The van der Waals surface area contributed by atoms with E-state index in [9.17, 15) is 4.79 Å². The number of aliphatic imine (C=N–C) groups is 1. The summed E-state index contributed by atoms with van der Waals surface area (Å²) in [6.45, 7) is 8.61. The number of likely N-dealkylation sites (tertiary alicyclic amines) is 1. The molecule has 2 rings (SSSR count). The second kappa shape index (κ2) is 9.39. The molecule has 1 aliphatic heterocycles. The van der Waals surface area contributed by atoms with E-state index in [1.807, 2.05) is 20.8 Å². The summed E-state index contributed by atoms with van der Waals surface area (Å²) >= 11 is 0. The Morgan fingerprint density at radius 1 is 1.44 bits per heavy atom. The second-order valence-corrected chi connectivity index (χ2v) is 6.44. The van der Waals surface area contributed by atoms with Gasteiger partial charge in [-0.3, -0.25) is 9.79 Å². The molecule has 2 heterocycles. The van der Waals surface area contributed by atoms with Crippen LogP contribution in [0, 0.1) is 5.92 Å². The van der Waals surface area contributed by atoms with Crippen LogP contribution >= 0.6 is 0 Å². The number of carbonyl (C=O) groups excluding carboxylic acids is 1. The highest BCUT2D eigenvalue weighted by Gasteiger charge is 2.27. The Morgan fingerprint density at radius 3 is 2.72 bits per heavy atom. The predicted molar refractivity (Wildman–Crippen MR) is 94.4 cm³/mol. The van der Waals surface area contributed by atoms with Crippen LogP contribution in [0.15, 0.2) is 9.52 Å². The zero-order valence-electron chi connectivity index (χ0n) is 15.6. The number of piperidine rings is 1. The lowest BCUT2D eigenvalue weighted by atomic mass is 9.97. The summed E-state index contributed by atoms with van der Waals surface area (Å²) in [5.41, 5.74) is 0. The van der Waals surface area contributed by atoms with Crippen molar-refractivity contribution in [2.24, 2.45) is 10.9 Å². The summed E-state index contributed by atoms with van der Waals surface area (Å²) in [6, 6.07) is 0. The van der Waals surface area contributed by atoms with E-state index < -0.39 is 0 Å². The molecule has 140 valence electrons. The van der Waals surface area contributed by atoms with Crippen LogP contribution in [0.5, 0.6) is 0 Å². The van der Waals surface area contributed by atoms with E-state index in [1.165, 1.54) is 0 Å². The molecule has 1 aromatic rings. The Balaban J connectivity index is 1.76. The summed E-state index contributed by atoms with van der Waals surface area (Å²) in [7, 11) is 1.77. The van der Waals surface area contributed by atoms with Crippen molar-refractivity contribution < 1.29 is 14.1 Å². The Hall–Kier alpha value is -2.12. The first-order chi connectivity index (χ1) is 12.0. The Morgan fingerprint density at radius 2 is 2.16 bits per heavy atom. The molecule has 0 spiro atoms. The van der Waals surface area contributed by atoms with Crippen molar-refractivity contribution in [3.63, 3.8) is 0 Å². The standard InChI is InChI=1S/C17H29N5O3/c1-5-24-16(23)13-7-10-22(11-8-13)17(18-4)19-9-6-14-20-15(12(2)3)21-25-14/h12-13H,5-11H2,1-4H3,(H,18,19). The van der Waals surface area contributed by atoms with E-state index in [1.54, 1.807) is 7.05 Å². The molecule has 1 aromatic heterocycles. The average Bonchev–Trinajstić information content (AvgIpc) is 3.08. The normalized spacial score (nSPS) is 16.4. The van der Waals surface area contributed by atoms with Crippen LogP contribution in [-0.4, -0.2) is 60.3 Å². The third-order valence-electron chi connectivity index (χ3n) is 4.25. The molecule has 0 unspecified atom stereocenters. The lowest BCUT2D eigenvalue weighted by Crippen LogP contribution is -2.47. The minimum absolute atomic E-state index is 0.00199. The second-order valence-electron chi connectivity index (χ2n) is 6.44. The zero-order chi connectivity index (χ0) is 18.2. The van der Waals surface area contributed by atoms with Gasteiger partial charge in [0.2, 0.25) is 5.89 Å². The van der Waals surface area contributed by atoms with Crippen molar-refractivity contribution in [3.05, 3.63) is 11.7 Å². The molecule has 8 nitrogen and oxygen atoms in total. The van der Waals surface area contributed by atoms with Crippen LogP contribution in [0.25, 0.3) is 0 Å². The zero-order valence-corrected chi connectivity index (χ0v) is 15.6. The molecule has 0 aromatic carbocycles. The van der Waals surface area contributed by atoms with Gasteiger partial charge in [0.05, 0.1) is 12.5 Å². The smallest absolute Gasteiger partial charge is 0.309 e. The Bertz CT molecular complexity index is 577. The van der Waals surface area contributed by atoms with Crippen LogP contribution < -0.4 is 5.32 Å². The molecule has 0 bridgehead atoms. The minimum Gasteiger partial charge on any atom is -0.466 e. The molecule has 0 radical (unpaired) electrons. The molecule has 1 saturated heterocycles. The first-order valence-corrected chi connectivity index (χ1v) is 8.99. The predicted octanol–water partition coefficient (Wildman–Crippen LogP) is 1.59. The highest BCUT2D eigenvalue weighted by molar-refractivity contribution is 5.80. The van der Waals surface area contributed by atoms with E-state index in [-0.39, 0.29) is 17.8 Å². The van der Waals surface area contributed by atoms with E-state index in [0.717, 1.165) is 37.7 Å². The van der Waals surface area contributed by atoms with Crippen LogP contribution in [0.3, 0.4) is 0 Å². The number of ether oxygens (including phenoxy) is 1. The largest absolute Gasteiger partial charge is 0.466 e. The third-order valence-corrected chi connectivity index (χ3v) is 4.25. The molecular formula is C17H29N5O3. The number of aromatic nitrogens is 2. The van der Waals surface area contributed by atoms with Gasteiger partial charge >= 0.3 is 5.97 Å². The summed E-state index contributed by atoms with van der Waals surface area (Å²) in [5, 5.41) is 7.29. The highest BCUT2D eigenvalue weighted by atomic mass is 16.5. The maximum atomic E-state index is 11.8. The first-order valence-electron chi connectivity index (χ1n) is 8.99. The van der Waals surface area contributed by atoms with Crippen molar-refractivity contribution in [1.82, 2.24) is 20.4 Å². The van der Waals surface area contributed by atoms with Gasteiger partial charge in [-0.1, -0.05) is 19.0 Å². The highest BCUT2D eigenvalue weighted by Crippen LogP contribution is 2.18. The van der Waals surface area contributed by atoms with Gasteiger partial charge in [0.25, 0.3) is 0 Å². The lowest BCUT2D eigenvalue weighted by Gasteiger charge is -2.33. The quantitative estimate of drug-likeness (QED) is 0.472. The van der Waals surface area contributed by atoms with Gasteiger partial charge in [-0.15, -0.1) is 0 Å². The van der Waals surface area contributed by atoms with E-state index >= 15 is 0 Å². The minimum atomic E-state index is -0.0811. The van der Waals surface area contributed by atoms with Gasteiger partial charge < -0.3 is 19.5 Å². The molecule has 0 saturated carbocycles. The van der Waals surface area contributed by atoms with Gasteiger partial charge in [-0.2, -0.15) is 4.98 Å². The number of nitrogens with zero attached hydrogens (tertiary/aromatic N) is 4. The van der Waals surface area contributed by atoms with Gasteiger partial charge in [0, 0.05) is 39.0 Å². The summed E-state index contributed by atoms with van der Waals surface area (Å²) in [5.74, 6) is 2.39. The molecule has 0 amide bonds. The Kier molecular flexibility index (Phi) is 7.21. The first kappa shape index (κ1) is 19.2. The fourth-order valence-corrected chi connectivity index (χ4v) is 2.80. The maximum absolute atomic E-state index is 11.8. The van der Waals surface area contributed by atoms with Crippen LogP contribution in [0.4, 0.5) is 0 Å². The van der Waals surface area contributed by atoms with Crippen molar-refractivity contribution in [2.45, 2.75) is 46.0 Å². The fourth-order valence-electron chi connectivity index (χ4n) is 2.80. The van der Waals surface area contributed by atoms with Gasteiger partial charge in [-0.05, 0) is 19.8 Å². The number of carbonyl (C=O) groups is 1. The molecule has 1 aliphatic rings. The van der Waals surface area contributed by atoms with Crippen LogP contribution in [0.1, 0.15) is 51.2 Å².